The van der Waals surface area contributed by atoms with E-state index in [9.17, 15) is 18.0 Å². The normalized spacial score (nSPS) is 12.3. The number of nitrogens with zero attached hydrogens (tertiary/aromatic N) is 1. The van der Waals surface area contributed by atoms with Crippen LogP contribution < -0.4 is 10.0 Å². The molecule has 0 aliphatic rings. The molecule has 0 spiro atoms. The van der Waals surface area contributed by atoms with E-state index in [1.54, 1.807) is 12.4 Å². The quantitative estimate of drug-likeness (QED) is 0.325. The Morgan fingerprint density at radius 1 is 1.06 bits per heavy atom. The van der Waals surface area contributed by atoms with Crippen molar-refractivity contribution in [2.24, 2.45) is 0 Å². The summed E-state index contributed by atoms with van der Waals surface area (Å²) in [4.78, 5) is 26.6. The summed E-state index contributed by atoms with van der Waals surface area (Å²) in [5.74, 6) is -2.55. The molecule has 8 nitrogen and oxygen atoms in total. The van der Waals surface area contributed by atoms with E-state index in [0.29, 0.717) is 30.7 Å². The Hall–Kier alpha value is -2.49. The first-order chi connectivity index (χ1) is 14.8. The zero-order valence-corrected chi connectivity index (χ0v) is 18.5. The lowest BCUT2D eigenvalue weighted by Gasteiger charge is -2.18. The number of hydrogen-bond acceptors (Lipinski definition) is 5. The van der Waals surface area contributed by atoms with Gasteiger partial charge in [-0.3, -0.25) is 9.78 Å². The van der Waals surface area contributed by atoms with Crippen LogP contribution in [0.1, 0.15) is 37.7 Å². The highest BCUT2D eigenvalue weighted by Crippen LogP contribution is 2.14. The molecule has 1 unspecified atom stereocenters. The Bertz CT molecular complexity index is 953. The topological polar surface area (TPSA) is 125 Å². The minimum absolute atomic E-state index is 0.138. The molecule has 0 radical (unpaired) electrons. The third-order valence-corrected chi connectivity index (χ3v) is 6.39. The second-order valence-electron chi connectivity index (χ2n) is 7.08. The maximum atomic E-state index is 12.3. The molecule has 1 amide bonds. The molecule has 1 aromatic heterocycles. The number of unbranched alkanes of at least 4 members (excludes halogenated alkanes) is 1. The SMILES string of the molecule is O=C(O)C(=O)NC(CCCCNS(=O)(=O)c1ccc(Cl)cc1)CCCc1cccnc1. The van der Waals surface area contributed by atoms with Crippen LogP contribution in [-0.4, -0.2) is 43.0 Å². The number of aliphatic carboxylic acids is 1. The van der Waals surface area contributed by atoms with E-state index in [4.69, 9.17) is 16.7 Å². The van der Waals surface area contributed by atoms with Crippen LogP contribution >= 0.6 is 11.6 Å². The maximum Gasteiger partial charge on any atom is 0.394 e. The molecule has 0 aliphatic carbocycles. The van der Waals surface area contributed by atoms with E-state index >= 15 is 0 Å². The van der Waals surface area contributed by atoms with Crippen LogP contribution in [0.25, 0.3) is 0 Å². The molecule has 168 valence electrons. The number of aromatic nitrogens is 1. The number of carbonyl (C=O) groups is 2. The summed E-state index contributed by atoms with van der Waals surface area (Å²) < 4.78 is 27.0. The van der Waals surface area contributed by atoms with Gasteiger partial charge in [-0.05, 0) is 68.0 Å². The van der Waals surface area contributed by atoms with Crippen molar-refractivity contribution in [3.05, 3.63) is 59.4 Å². The van der Waals surface area contributed by atoms with Crippen LogP contribution in [-0.2, 0) is 26.0 Å². The molecule has 1 heterocycles. The highest BCUT2D eigenvalue weighted by atomic mass is 35.5. The molecule has 2 aromatic rings. The molecule has 0 bridgehead atoms. The van der Waals surface area contributed by atoms with Gasteiger partial charge in [0.1, 0.15) is 0 Å². The van der Waals surface area contributed by atoms with Crippen molar-refractivity contribution in [1.29, 1.82) is 0 Å². The second-order valence-corrected chi connectivity index (χ2v) is 9.28. The van der Waals surface area contributed by atoms with E-state index in [1.165, 1.54) is 24.3 Å². The van der Waals surface area contributed by atoms with Crippen LogP contribution in [0.3, 0.4) is 0 Å². The first-order valence-electron chi connectivity index (χ1n) is 9.96. The minimum Gasteiger partial charge on any atom is -0.474 e. The zero-order chi connectivity index (χ0) is 22.7. The number of nitrogens with one attached hydrogen (secondary N) is 2. The van der Waals surface area contributed by atoms with Gasteiger partial charge in [0.15, 0.2) is 0 Å². The van der Waals surface area contributed by atoms with Gasteiger partial charge in [0.05, 0.1) is 4.90 Å². The maximum absolute atomic E-state index is 12.3. The molecular formula is C21H26ClN3O5S. The lowest BCUT2D eigenvalue weighted by molar-refractivity contribution is -0.150. The highest BCUT2D eigenvalue weighted by molar-refractivity contribution is 7.89. The molecular weight excluding hydrogens is 442 g/mol. The van der Waals surface area contributed by atoms with Crippen molar-refractivity contribution in [3.63, 3.8) is 0 Å². The number of rotatable bonds is 12. The predicted octanol–water partition coefficient (Wildman–Crippen LogP) is 2.78. The van der Waals surface area contributed by atoms with Gasteiger partial charge in [0, 0.05) is 30.0 Å². The lowest BCUT2D eigenvalue weighted by atomic mass is 10.0. The van der Waals surface area contributed by atoms with Crippen molar-refractivity contribution in [2.75, 3.05) is 6.54 Å². The Labute approximate surface area is 187 Å². The molecule has 0 saturated heterocycles. The van der Waals surface area contributed by atoms with Gasteiger partial charge in [-0.1, -0.05) is 24.1 Å². The third-order valence-electron chi connectivity index (χ3n) is 4.67. The van der Waals surface area contributed by atoms with Crippen molar-refractivity contribution < 1.29 is 23.1 Å². The largest absolute Gasteiger partial charge is 0.474 e. The number of amides is 1. The van der Waals surface area contributed by atoms with Gasteiger partial charge < -0.3 is 10.4 Å². The van der Waals surface area contributed by atoms with Crippen LogP contribution in [0.2, 0.25) is 5.02 Å². The smallest absolute Gasteiger partial charge is 0.394 e. The Morgan fingerprint density at radius 3 is 2.42 bits per heavy atom. The van der Waals surface area contributed by atoms with Crippen molar-refractivity contribution in [3.8, 4) is 0 Å². The summed E-state index contributed by atoms with van der Waals surface area (Å²) in [5.41, 5.74) is 1.07. The van der Waals surface area contributed by atoms with E-state index < -0.39 is 21.9 Å². The van der Waals surface area contributed by atoms with Crippen molar-refractivity contribution in [2.45, 2.75) is 49.5 Å². The van der Waals surface area contributed by atoms with E-state index in [-0.39, 0.29) is 17.5 Å². The number of carboxylic acid groups (broad SMARTS) is 1. The Balaban J connectivity index is 1.78. The van der Waals surface area contributed by atoms with Crippen LogP contribution in [0, 0.1) is 0 Å². The fourth-order valence-corrected chi connectivity index (χ4v) is 4.25. The summed E-state index contributed by atoms with van der Waals surface area (Å²) >= 11 is 5.78. The average molecular weight is 468 g/mol. The number of carboxylic acids is 1. The standard InChI is InChI=1S/C21H26ClN3O5S/c22-17-9-11-19(12-10-17)31(29,30)24-14-2-1-7-18(25-20(26)21(27)28)8-3-5-16-6-4-13-23-15-16/h4,6,9-13,15,18,24H,1-3,5,7-8,14H2,(H,25,26)(H,27,28). The fraction of sp³-hybridized carbons (Fsp3) is 0.381. The number of pyridine rings is 1. The predicted molar refractivity (Wildman–Crippen MR) is 117 cm³/mol. The molecule has 0 fully saturated rings. The van der Waals surface area contributed by atoms with E-state index in [0.717, 1.165) is 18.4 Å². The summed E-state index contributed by atoms with van der Waals surface area (Å²) in [7, 11) is -3.61. The lowest BCUT2D eigenvalue weighted by Crippen LogP contribution is -2.39. The number of hydrogen-bond donors (Lipinski definition) is 3. The summed E-state index contributed by atoms with van der Waals surface area (Å²) in [6, 6.07) is 9.41. The number of aryl methyl sites for hydroxylation is 1. The Morgan fingerprint density at radius 2 is 1.77 bits per heavy atom. The summed E-state index contributed by atoms with van der Waals surface area (Å²) in [5, 5.41) is 11.8. The molecule has 31 heavy (non-hydrogen) atoms. The van der Waals surface area contributed by atoms with Gasteiger partial charge in [0.2, 0.25) is 10.0 Å². The fourth-order valence-electron chi connectivity index (χ4n) is 3.05. The molecule has 3 N–H and O–H groups in total. The van der Waals surface area contributed by atoms with Crippen LogP contribution in [0.5, 0.6) is 0 Å². The first-order valence-corrected chi connectivity index (χ1v) is 11.8. The molecule has 10 heteroatoms. The van der Waals surface area contributed by atoms with Crippen LogP contribution in [0.4, 0.5) is 0 Å². The molecule has 1 atom stereocenters. The highest BCUT2D eigenvalue weighted by Gasteiger charge is 2.18. The van der Waals surface area contributed by atoms with Crippen molar-refractivity contribution >= 4 is 33.5 Å². The zero-order valence-electron chi connectivity index (χ0n) is 17.0. The summed E-state index contributed by atoms with van der Waals surface area (Å²) in [6.07, 6.45) is 7.35. The second kappa shape index (κ2) is 12.4. The third kappa shape index (κ3) is 9.04. The first kappa shape index (κ1) is 24.8. The van der Waals surface area contributed by atoms with E-state index in [2.05, 4.69) is 15.0 Å². The van der Waals surface area contributed by atoms with E-state index in [1.807, 2.05) is 12.1 Å². The Kier molecular flexibility index (Phi) is 9.90. The summed E-state index contributed by atoms with van der Waals surface area (Å²) in [6.45, 7) is 0.236. The average Bonchev–Trinajstić information content (AvgIpc) is 2.74. The number of carbonyl (C=O) groups excluding carboxylic acids is 1. The monoisotopic (exact) mass is 467 g/mol. The van der Waals surface area contributed by atoms with Gasteiger partial charge in [-0.15, -0.1) is 0 Å². The van der Waals surface area contributed by atoms with Gasteiger partial charge in [-0.25, -0.2) is 17.9 Å². The molecule has 0 aliphatic heterocycles. The van der Waals surface area contributed by atoms with Gasteiger partial charge in [0.25, 0.3) is 0 Å². The molecule has 0 saturated carbocycles. The van der Waals surface area contributed by atoms with Gasteiger partial charge in [-0.2, -0.15) is 0 Å². The molecule has 2 rings (SSSR count). The molecule has 1 aromatic carbocycles. The minimum atomic E-state index is -3.61. The number of sulfonamides is 1. The van der Waals surface area contributed by atoms with Crippen LogP contribution in [0.15, 0.2) is 53.7 Å². The van der Waals surface area contributed by atoms with Gasteiger partial charge >= 0.3 is 11.9 Å². The number of benzene rings is 1. The number of halogens is 1. The van der Waals surface area contributed by atoms with Crippen molar-refractivity contribution in [1.82, 2.24) is 15.0 Å².